The molecule has 0 spiro atoms. The van der Waals surface area contributed by atoms with Crippen molar-refractivity contribution >= 4 is 29.0 Å². The summed E-state index contributed by atoms with van der Waals surface area (Å²) in [5.74, 6) is 0.958. The van der Waals surface area contributed by atoms with E-state index in [1.54, 1.807) is 23.7 Å². The molecule has 6 nitrogen and oxygen atoms in total. The Labute approximate surface area is 183 Å². The van der Waals surface area contributed by atoms with Gasteiger partial charge in [-0.3, -0.25) is 9.78 Å². The highest BCUT2D eigenvalue weighted by atomic mass is 32.2. The van der Waals surface area contributed by atoms with Crippen LogP contribution < -0.4 is 5.32 Å². The van der Waals surface area contributed by atoms with Gasteiger partial charge in [0.25, 0.3) is 0 Å². The summed E-state index contributed by atoms with van der Waals surface area (Å²) in [4.78, 5) is 17.9. The molecule has 0 radical (unpaired) electrons. The van der Waals surface area contributed by atoms with E-state index >= 15 is 0 Å². The molecule has 0 unspecified atom stereocenters. The molecule has 0 aliphatic rings. The number of carbonyl (C=O) groups is 1. The Morgan fingerprint density at radius 2 is 1.90 bits per heavy atom. The zero-order valence-electron chi connectivity index (χ0n) is 16.6. The fraction of sp³-hybridized carbons (Fsp3) is 0.182. The summed E-state index contributed by atoms with van der Waals surface area (Å²) in [5, 5.41) is 14.4. The number of hydrogen-bond acceptors (Lipinski definition) is 6. The molecule has 1 aromatic carbocycles. The van der Waals surface area contributed by atoms with Gasteiger partial charge in [-0.05, 0) is 36.1 Å². The normalized spacial score (nSPS) is 11.9. The Morgan fingerprint density at radius 3 is 2.60 bits per heavy atom. The van der Waals surface area contributed by atoms with E-state index in [2.05, 4.69) is 51.7 Å². The SMILES string of the molecule is Cc1ccc([C@@H](NC(=O)CSc2nnc(-c3ccncc3)n2C)c2cccs2)cc1. The summed E-state index contributed by atoms with van der Waals surface area (Å²) in [6, 6.07) is 15.9. The largest absolute Gasteiger partial charge is 0.344 e. The Kier molecular flexibility index (Phi) is 6.25. The van der Waals surface area contributed by atoms with Crippen molar-refractivity contribution in [1.82, 2.24) is 25.1 Å². The minimum absolute atomic E-state index is 0.0487. The molecule has 0 saturated heterocycles. The van der Waals surface area contributed by atoms with Crippen LogP contribution in [0.25, 0.3) is 11.4 Å². The first kappa shape index (κ1) is 20.3. The van der Waals surface area contributed by atoms with Gasteiger partial charge >= 0.3 is 0 Å². The van der Waals surface area contributed by atoms with Gasteiger partial charge in [-0.15, -0.1) is 21.5 Å². The predicted octanol–water partition coefficient (Wildman–Crippen LogP) is 4.24. The van der Waals surface area contributed by atoms with Gasteiger partial charge in [-0.2, -0.15) is 0 Å². The lowest BCUT2D eigenvalue weighted by molar-refractivity contribution is -0.119. The molecule has 0 fully saturated rings. The van der Waals surface area contributed by atoms with Gasteiger partial charge in [0.15, 0.2) is 11.0 Å². The van der Waals surface area contributed by atoms with Gasteiger partial charge in [0.2, 0.25) is 5.91 Å². The second kappa shape index (κ2) is 9.23. The Morgan fingerprint density at radius 1 is 1.13 bits per heavy atom. The minimum atomic E-state index is -0.162. The summed E-state index contributed by atoms with van der Waals surface area (Å²) >= 11 is 3.01. The molecule has 4 rings (SSSR count). The second-order valence-electron chi connectivity index (χ2n) is 6.82. The van der Waals surface area contributed by atoms with Crippen LogP contribution in [0.15, 0.2) is 71.5 Å². The fourth-order valence-corrected chi connectivity index (χ4v) is 4.58. The topological polar surface area (TPSA) is 72.7 Å². The monoisotopic (exact) mass is 435 g/mol. The first-order valence-corrected chi connectivity index (χ1v) is 11.3. The molecule has 152 valence electrons. The molecular weight excluding hydrogens is 414 g/mol. The summed E-state index contributed by atoms with van der Waals surface area (Å²) < 4.78 is 1.89. The third kappa shape index (κ3) is 4.60. The number of rotatable bonds is 7. The highest BCUT2D eigenvalue weighted by Gasteiger charge is 2.19. The van der Waals surface area contributed by atoms with Crippen molar-refractivity contribution in [3.05, 3.63) is 82.3 Å². The molecule has 30 heavy (non-hydrogen) atoms. The number of hydrogen-bond donors (Lipinski definition) is 1. The zero-order valence-corrected chi connectivity index (χ0v) is 18.3. The molecule has 1 N–H and O–H groups in total. The van der Waals surface area contributed by atoms with Crippen molar-refractivity contribution in [2.45, 2.75) is 18.1 Å². The van der Waals surface area contributed by atoms with Crippen molar-refractivity contribution in [2.75, 3.05) is 5.75 Å². The van der Waals surface area contributed by atoms with Crippen LogP contribution in [0.3, 0.4) is 0 Å². The van der Waals surface area contributed by atoms with Gasteiger partial charge in [0.05, 0.1) is 11.8 Å². The number of aromatic nitrogens is 4. The maximum atomic E-state index is 12.8. The maximum Gasteiger partial charge on any atom is 0.231 e. The first-order valence-electron chi connectivity index (χ1n) is 9.44. The number of nitrogens with one attached hydrogen (secondary N) is 1. The minimum Gasteiger partial charge on any atom is -0.344 e. The van der Waals surface area contributed by atoms with E-state index in [0.29, 0.717) is 5.16 Å². The van der Waals surface area contributed by atoms with Crippen LogP contribution >= 0.6 is 23.1 Å². The van der Waals surface area contributed by atoms with E-state index in [1.807, 2.05) is 41.3 Å². The van der Waals surface area contributed by atoms with Gasteiger partial charge in [0, 0.05) is 29.9 Å². The second-order valence-corrected chi connectivity index (χ2v) is 8.74. The van der Waals surface area contributed by atoms with Crippen LogP contribution in [-0.4, -0.2) is 31.4 Å². The van der Waals surface area contributed by atoms with Crippen molar-refractivity contribution in [3.63, 3.8) is 0 Å². The highest BCUT2D eigenvalue weighted by Crippen LogP contribution is 2.27. The summed E-state index contributed by atoms with van der Waals surface area (Å²) in [6.45, 7) is 2.06. The van der Waals surface area contributed by atoms with Crippen LogP contribution in [0.5, 0.6) is 0 Å². The molecule has 0 saturated carbocycles. The predicted molar refractivity (Wildman–Crippen MR) is 120 cm³/mol. The molecule has 0 aliphatic carbocycles. The number of pyridine rings is 1. The fourth-order valence-electron chi connectivity index (χ4n) is 3.06. The van der Waals surface area contributed by atoms with Crippen molar-refractivity contribution in [1.29, 1.82) is 0 Å². The lowest BCUT2D eigenvalue weighted by Gasteiger charge is -2.18. The lowest BCUT2D eigenvalue weighted by Crippen LogP contribution is -2.30. The van der Waals surface area contributed by atoms with Crippen molar-refractivity contribution < 1.29 is 4.79 Å². The zero-order chi connectivity index (χ0) is 20.9. The Balaban J connectivity index is 1.45. The molecule has 1 atom stereocenters. The van der Waals surface area contributed by atoms with E-state index in [-0.39, 0.29) is 17.7 Å². The molecule has 1 amide bonds. The lowest BCUT2D eigenvalue weighted by atomic mass is 10.0. The highest BCUT2D eigenvalue weighted by molar-refractivity contribution is 7.99. The number of benzene rings is 1. The number of amides is 1. The van der Waals surface area contributed by atoms with Crippen molar-refractivity contribution in [2.24, 2.45) is 7.05 Å². The van der Waals surface area contributed by atoms with Gasteiger partial charge in [-0.25, -0.2) is 0 Å². The molecule has 0 aliphatic heterocycles. The van der Waals surface area contributed by atoms with E-state index < -0.39 is 0 Å². The van der Waals surface area contributed by atoms with Crippen LogP contribution in [0, 0.1) is 6.92 Å². The number of aryl methyl sites for hydroxylation is 1. The van der Waals surface area contributed by atoms with Gasteiger partial charge in [0.1, 0.15) is 0 Å². The summed E-state index contributed by atoms with van der Waals surface area (Å²) in [6.07, 6.45) is 3.44. The van der Waals surface area contributed by atoms with E-state index in [4.69, 9.17) is 0 Å². The molecular formula is C22H21N5OS2. The van der Waals surface area contributed by atoms with E-state index in [0.717, 1.165) is 21.8 Å². The molecule has 8 heteroatoms. The quantitative estimate of drug-likeness (QED) is 0.440. The average Bonchev–Trinajstić information content (AvgIpc) is 3.42. The van der Waals surface area contributed by atoms with Crippen LogP contribution in [0.1, 0.15) is 22.0 Å². The number of carbonyl (C=O) groups excluding carboxylic acids is 1. The Bertz CT molecular complexity index is 1110. The molecule has 3 heterocycles. The summed E-state index contributed by atoms with van der Waals surface area (Å²) in [5.41, 5.74) is 3.20. The first-order chi connectivity index (χ1) is 14.6. The molecule has 3 aromatic heterocycles. The standard InChI is InChI=1S/C22H21N5OS2/c1-15-5-7-16(8-6-15)20(18-4-3-13-29-18)24-19(28)14-30-22-26-25-21(27(22)2)17-9-11-23-12-10-17/h3-13,20H,14H2,1-2H3,(H,24,28)/t20-/m1/s1. The number of thiophene rings is 1. The molecule has 4 aromatic rings. The number of nitrogens with zero attached hydrogens (tertiary/aromatic N) is 4. The average molecular weight is 436 g/mol. The third-order valence-electron chi connectivity index (χ3n) is 4.65. The number of thioether (sulfide) groups is 1. The Hall–Kier alpha value is -2.97. The third-order valence-corrected chi connectivity index (χ3v) is 6.61. The van der Waals surface area contributed by atoms with Gasteiger partial charge in [-0.1, -0.05) is 47.7 Å². The van der Waals surface area contributed by atoms with Crippen LogP contribution in [0.4, 0.5) is 0 Å². The van der Waals surface area contributed by atoms with E-state index in [9.17, 15) is 4.79 Å². The van der Waals surface area contributed by atoms with Crippen LogP contribution in [0.2, 0.25) is 0 Å². The smallest absolute Gasteiger partial charge is 0.231 e. The van der Waals surface area contributed by atoms with E-state index in [1.165, 1.54) is 17.3 Å². The van der Waals surface area contributed by atoms with Gasteiger partial charge < -0.3 is 9.88 Å². The maximum absolute atomic E-state index is 12.8. The van der Waals surface area contributed by atoms with Crippen molar-refractivity contribution in [3.8, 4) is 11.4 Å². The summed E-state index contributed by atoms with van der Waals surface area (Å²) in [7, 11) is 1.90. The van der Waals surface area contributed by atoms with Crippen LogP contribution in [-0.2, 0) is 11.8 Å². The molecule has 0 bridgehead atoms.